The Balaban J connectivity index is 2.61. The van der Waals surface area contributed by atoms with Gasteiger partial charge in [0.05, 0.1) is 17.4 Å². The van der Waals surface area contributed by atoms with E-state index in [1.165, 1.54) is 5.52 Å². The van der Waals surface area contributed by atoms with Gasteiger partial charge in [0, 0.05) is 13.1 Å². The molecule has 3 nitrogen and oxygen atoms in total. The van der Waals surface area contributed by atoms with E-state index in [2.05, 4.69) is 28.6 Å². The van der Waals surface area contributed by atoms with Crippen molar-refractivity contribution in [3.8, 4) is 0 Å². The highest BCUT2D eigenvalue weighted by atomic mass is 15.0. The van der Waals surface area contributed by atoms with Gasteiger partial charge in [-0.15, -0.1) is 0 Å². The first-order chi connectivity index (χ1) is 6.35. The Bertz CT molecular complexity index is 417. The predicted octanol–water partition coefficient (Wildman–Crippen LogP) is 1.51. The molecule has 0 aliphatic carbocycles. The Hall–Kier alpha value is -1.35. The van der Waals surface area contributed by atoms with Crippen LogP contribution in [0, 0.1) is 0 Å². The third kappa shape index (κ3) is 1.31. The minimum absolute atomic E-state index is 0.578. The largest absolute Gasteiger partial charge is 0.331 e. The van der Waals surface area contributed by atoms with Crippen molar-refractivity contribution in [3.63, 3.8) is 0 Å². The molecule has 2 rings (SSSR count). The molecule has 0 saturated carbocycles. The van der Waals surface area contributed by atoms with Crippen molar-refractivity contribution in [2.45, 2.75) is 20.0 Å². The number of nitrogens with zero attached hydrogens (tertiary/aromatic N) is 2. The lowest BCUT2D eigenvalue weighted by Crippen LogP contribution is -1.96. The van der Waals surface area contributed by atoms with Gasteiger partial charge < -0.3 is 10.3 Å². The molecule has 0 atom stereocenters. The van der Waals surface area contributed by atoms with Crippen LogP contribution >= 0.6 is 0 Å². The monoisotopic (exact) mass is 175 g/mol. The van der Waals surface area contributed by atoms with Crippen LogP contribution in [0.3, 0.4) is 0 Å². The molecular weight excluding hydrogens is 162 g/mol. The zero-order valence-corrected chi connectivity index (χ0v) is 7.70. The maximum absolute atomic E-state index is 5.55. The second kappa shape index (κ2) is 3.18. The molecule has 13 heavy (non-hydrogen) atoms. The maximum Gasteiger partial charge on any atom is 0.0958 e. The standard InChI is InChI=1S/C10H13N3/c1-2-13-7-12-9-5-8(6-11)3-4-10(9)13/h3-5,7H,2,6,11H2,1H3. The number of rotatable bonds is 2. The first kappa shape index (κ1) is 8.26. The Kier molecular flexibility index (Phi) is 2.02. The molecule has 0 bridgehead atoms. The van der Waals surface area contributed by atoms with Crippen LogP contribution in [0.4, 0.5) is 0 Å². The Morgan fingerprint density at radius 2 is 2.31 bits per heavy atom. The topological polar surface area (TPSA) is 43.8 Å². The fourth-order valence-corrected chi connectivity index (χ4v) is 1.49. The normalized spacial score (nSPS) is 10.9. The van der Waals surface area contributed by atoms with Crippen LogP contribution in [0.5, 0.6) is 0 Å². The number of hydrogen-bond donors (Lipinski definition) is 1. The van der Waals surface area contributed by atoms with Gasteiger partial charge in [0.2, 0.25) is 0 Å². The highest BCUT2D eigenvalue weighted by Gasteiger charge is 2.00. The van der Waals surface area contributed by atoms with E-state index in [-0.39, 0.29) is 0 Å². The summed E-state index contributed by atoms with van der Waals surface area (Å²) < 4.78 is 2.12. The number of imidazole rings is 1. The van der Waals surface area contributed by atoms with Crippen molar-refractivity contribution in [3.05, 3.63) is 30.1 Å². The minimum atomic E-state index is 0.578. The van der Waals surface area contributed by atoms with Crippen molar-refractivity contribution in [2.24, 2.45) is 5.73 Å². The molecule has 1 heterocycles. The summed E-state index contributed by atoms with van der Waals surface area (Å²) in [6, 6.07) is 6.17. The molecule has 0 fully saturated rings. The fourth-order valence-electron chi connectivity index (χ4n) is 1.49. The average molecular weight is 175 g/mol. The van der Waals surface area contributed by atoms with E-state index in [0.29, 0.717) is 6.54 Å². The van der Waals surface area contributed by atoms with Gasteiger partial charge in [0.1, 0.15) is 0 Å². The fraction of sp³-hybridized carbons (Fsp3) is 0.300. The number of aryl methyl sites for hydroxylation is 1. The van der Waals surface area contributed by atoms with Crippen LogP contribution in [0.25, 0.3) is 11.0 Å². The predicted molar refractivity (Wildman–Crippen MR) is 53.3 cm³/mol. The van der Waals surface area contributed by atoms with Gasteiger partial charge in [0.25, 0.3) is 0 Å². The number of hydrogen-bond acceptors (Lipinski definition) is 2. The molecule has 2 N–H and O–H groups in total. The summed E-state index contributed by atoms with van der Waals surface area (Å²) in [6.07, 6.45) is 1.87. The number of nitrogens with two attached hydrogens (primary N) is 1. The van der Waals surface area contributed by atoms with E-state index in [9.17, 15) is 0 Å². The minimum Gasteiger partial charge on any atom is -0.331 e. The van der Waals surface area contributed by atoms with Gasteiger partial charge in [-0.1, -0.05) is 6.07 Å². The van der Waals surface area contributed by atoms with E-state index < -0.39 is 0 Å². The lowest BCUT2D eigenvalue weighted by atomic mass is 10.2. The second-order valence-corrected chi connectivity index (χ2v) is 3.06. The smallest absolute Gasteiger partial charge is 0.0958 e. The molecule has 0 amide bonds. The molecule has 3 heteroatoms. The molecule has 0 aliphatic heterocycles. The molecule has 1 aromatic carbocycles. The van der Waals surface area contributed by atoms with E-state index in [1.54, 1.807) is 0 Å². The van der Waals surface area contributed by atoms with Crippen LogP contribution in [0.15, 0.2) is 24.5 Å². The first-order valence-electron chi connectivity index (χ1n) is 4.49. The van der Waals surface area contributed by atoms with Gasteiger partial charge >= 0.3 is 0 Å². The van der Waals surface area contributed by atoms with Crippen molar-refractivity contribution < 1.29 is 0 Å². The number of benzene rings is 1. The third-order valence-corrected chi connectivity index (χ3v) is 2.26. The van der Waals surface area contributed by atoms with Gasteiger partial charge in [0.15, 0.2) is 0 Å². The summed E-state index contributed by atoms with van der Waals surface area (Å²) >= 11 is 0. The molecule has 0 spiro atoms. The van der Waals surface area contributed by atoms with Crippen LogP contribution in [-0.4, -0.2) is 9.55 Å². The molecule has 1 aromatic heterocycles. The molecule has 0 radical (unpaired) electrons. The summed E-state index contributed by atoms with van der Waals surface area (Å²) in [5, 5.41) is 0. The zero-order valence-electron chi connectivity index (χ0n) is 7.70. The van der Waals surface area contributed by atoms with Crippen molar-refractivity contribution in [2.75, 3.05) is 0 Å². The van der Waals surface area contributed by atoms with Crippen LogP contribution < -0.4 is 5.73 Å². The Morgan fingerprint density at radius 1 is 1.46 bits per heavy atom. The van der Waals surface area contributed by atoms with Crippen molar-refractivity contribution >= 4 is 11.0 Å². The lowest BCUT2D eigenvalue weighted by molar-refractivity contribution is 0.787. The van der Waals surface area contributed by atoms with Crippen LogP contribution in [0.1, 0.15) is 12.5 Å². The van der Waals surface area contributed by atoms with Crippen molar-refractivity contribution in [1.29, 1.82) is 0 Å². The first-order valence-corrected chi connectivity index (χ1v) is 4.49. The summed E-state index contributed by atoms with van der Waals surface area (Å²) in [6.45, 7) is 3.64. The van der Waals surface area contributed by atoms with E-state index in [4.69, 9.17) is 5.73 Å². The van der Waals surface area contributed by atoms with E-state index >= 15 is 0 Å². The van der Waals surface area contributed by atoms with Crippen LogP contribution in [-0.2, 0) is 13.1 Å². The molecule has 0 aliphatic rings. The molecule has 2 aromatic rings. The maximum atomic E-state index is 5.55. The third-order valence-electron chi connectivity index (χ3n) is 2.26. The summed E-state index contributed by atoms with van der Waals surface area (Å²) in [5.74, 6) is 0. The van der Waals surface area contributed by atoms with Crippen molar-refractivity contribution in [1.82, 2.24) is 9.55 Å². The zero-order chi connectivity index (χ0) is 9.26. The van der Waals surface area contributed by atoms with Gasteiger partial charge in [-0.25, -0.2) is 4.98 Å². The highest BCUT2D eigenvalue weighted by Crippen LogP contribution is 2.14. The molecule has 0 saturated heterocycles. The number of aromatic nitrogens is 2. The SMILES string of the molecule is CCn1cnc2cc(CN)ccc21. The second-order valence-electron chi connectivity index (χ2n) is 3.06. The average Bonchev–Trinajstić information content (AvgIpc) is 2.59. The Morgan fingerprint density at radius 3 is 3.00 bits per heavy atom. The number of fused-ring (bicyclic) bond motifs is 1. The van der Waals surface area contributed by atoms with E-state index in [1.807, 2.05) is 12.4 Å². The van der Waals surface area contributed by atoms with E-state index in [0.717, 1.165) is 17.6 Å². The van der Waals surface area contributed by atoms with Gasteiger partial charge in [-0.05, 0) is 24.6 Å². The molecular formula is C10H13N3. The molecule has 68 valence electrons. The summed E-state index contributed by atoms with van der Waals surface area (Å²) in [5.41, 5.74) is 8.89. The summed E-state index contributed by atoms with van der Waals surface area (Å²) in [7, 11) is 0. The van der Waals surface area contributed by atoms with Crippen LogP contribution in [0.2, 0.25) is 0 Å². The van der Waals surface area contributed by atoms with Gasteiger partial charge in [-0.2, -0.15) is 0 Å². The lowest BCUT2D eigenvalue weighted by Gasteiger charge is -1.99. The molecule has 0 unspecified atom stereocenters. The highest BCUT2D eigenvalue weighted by molar-refractivity contribution is 5.76. The quantitative estimate of drug-likeness (QED) is 0.752. The van der Waals surface area contributed by atoms with Gasteiger partial charge in [-0.3, -0.25) is 0 Å². The summed E-state index contributed by atoms with van der Waals surface area (Å²) in [4.78, 5) is 4.31. The Labute approximate surface area is 77.2 Å².